The van der Waals surface area contributed by atoms with Crippen LogP contribution in [0.3, 0.4) is 0 Å². The van der Waals surface area contributed by atoms with Gasteiger partial charge in [0.05, 0.1) is 44.7 Å². The van der Waals surface area contributed by atoms with E-state index in [-0.39, 0.29) is 24.9 Å². The van der Waals surface area contributed by atoms with Gasteiger partial charge < -0.3 is 14.2 Å². The van der Waals surface area contributed by atoms with Crippen LogP contribution in [-0.2, 0) is 39.1 Å². The first-order chi connectivity index (χ1) is 16.2. The van der Waals surface area contributed by atoms with Gasteiger partial charge in [-0.3, -0.25) is 0 Å². The largest absolute Gasteiger partial charge is 0.373 e. The van der Waals surface area contributed by atoms with Crippen molar-refractivity contribution in [2.45, 2.75) is 64.3 Å². The second-order valence-corrected chi connectivity index (χ2v) is 8.33. The lowest BCUT2D eigenvalue weighted by molar-refractivity contribution is -0.0878. The van der Waals surface area contributed by atoms with Crippen LogP contribution in [0.1, 0.15) is 42.9 Å². The van der Waals surface area contributed by atoms with Crippen LogP contribution in [0.25, 0.3) is 0 Å². The molecule has 0 aromatic heterocycles. The lowest BCUT2D eigenvalue weighted by atomic mass is 10.0. The van der Waals surface area contributed by atoms with E-state index in [0.29, 0.717) is 26.2 Å². The topological polar surface area (TPSA) is 47.6 Å². The molecular formula is C29H35O4. The molecule has 3 atom stereocenters. The third-order valence-corrected chi connectivity index (χ3v) is 5.73. The van der Waals surface area contributed by atoms with Crippen LogP contribution in [-0.4, -0.2) is 24.9 Å². The van der Waals surface area contributed by atoms with Gasteiger partial charge in [-0.25, -0.2) is 5.11 Å². The van der Waals surface area contributed by atoms with Gasteiger partial charge in [0.1, 0.15) is 0 Å². The Bertz CT molecular complexity index is 870. The maximum absolute atomic E-state index is 11.4. The average molecular weight is 448 g/mol. The van der Waals surface area contributed by atoms with Gasteiger partial charge in [-0.15, -0.1) is 0 Å². The third-order valence-electron chi connectivity index (χ3n) is 5.73. The van der Waals surface area contributed by atoms with Gasteiger partial charge in [0, 0.05) is 6.42 Å². The predicted molar refractivity (Wildman–Crippen MR) is 130 cm³/mol. The second kappa shape index (κ2) is 14.6. The molecule has 0 fully saturated rings. The molecule has 3 aromatic rings. The highest BCUT2D eigenvalue weighted by Crippen LogP contribution is 2.19. The quantitative estimate of drug-likeness (QED) is 0.272. The lowest BCUT2D eigenvalue weighted by Crippen LogP contribution is -2.31. The maximum Gasteiger partial charge on any atom is 0.0847 e. The maximum atomic E-state index is 11.4. The van der Waals surface area contributed by atoms with Crippen molar-refractivity contribution in [3.63, 3.8) is 0 Å². The van der Waals surface area contributed by atoms with Crippen molar-refractivity contribution in [2.24, 2.45) is 0 Å². The van der Waals surface area contributed by atoms with Gasteiger partial charge in [-0.2, -0.15) is 0 Å². The Kier molecular flexibility index (Phi) is 11.1. The Morgan fingerprint density at radius 1 is 0.576 bits per heavy atom. The molecule has 175 valence electrons. The van der Waals surface area contributed by atoms with Gasteiger partial charge >= 0.3 is 0 Å². The number of hydrogen-bond donors (Lipinski definition) is 0. The van der Waals surface area contributed by atoms with Gasteiger partial charge in [-0.05, 0) is 36.5 Å². The first-order valence-electron chi connectivity index (χ1n) is 11.8. The van der Waals surface area contributed by atoms with Crippen molar-refractivity contribution in [1.82, 2.24) is 0 Å². The number of hydrogen-bond acceptors (Lipinski definition) is 3. The molecule has 0 amide bonds. The number of rotatable bonds is 15. The second-order valence-electron chi connectivity index (χ2n) is 8.33. The van der Waals surface area contributed by atoms with Crippen LogP contribution >= 0.6 is 0 Å². The molecule has 4 nitrogen and oxygen atoms in total. The standard InChI is InChI=1S/C29H35O4/c1-24(31-21-25-11-5-2-6-12-25)29(33-23-27-15-9-4-10-16-27)18-17-28(19-20-30)32-22-26-13-7-3-8-14-26/h2-16,24,28-29H,17-23H2,1H3. The summed E-state index contributed by atoms with van der Waals surface area (Å²) in [4.78, 5) is 0. The van der Waals surface area contributed by atoms with Gasteiger partial charge in [0.15, 0.2) is 0 Å². The van der Waals surface area contributed by atoms with Gasteiger partial charge in [0.2, 0.25) is 0 Å². The molecule has 0 heterocycles. The molecule has 3 rings (SSSR count). The summed E-state index contributed by atoms with van der Waals surface area (Å²) < 4.78 is 18.6. The van der Waals surface area contributed by atoms with Crippen LogP contribution in [0.2, 0.25) is 0 Å². The van der Waals surface area contributed by atoms with Crippen LogP contribution in [0, 0.1) is 0 Å². The molecule has 1 radical (unpaired) electrons. The summed E-state index contributed by atoms with van der Waals surface area (Å²) in [7, 11) is 0. The van der Waals surface area contributed by atoms with E-state index < -0.39 is 0 Å². The minimum absolute atomic E-state index is 0.0871. The minimum atomic E-state index is -0.144. The average Bonchev–Trinajstić information content (AvgIpc) is 2.87. The highest BCUT2D eigenvalue weighted by Gasteiger charge is 2.21. The van der Waals surface area contributed by atoms with E-state index in [1.165, 1.54) is 0 Å². The monoisotopic (exact) mass is 447 g/mol. The molecule has 4 heteroatoms. The molecule has 0 aliphatic carbocycles. The summed E-state index contributed by atoms with van der Waals surface area (Å²) in [6.45, 7) is 3.51. The first-order valence-corrected chi connectivity index (χ1v) is 11.8. The van der Waals surface area contributed by atoms with Crippen LogP contribution < -0.4 is 0 Å². The molecule has 0 aliphatic rings. The SMILES string of the molecule is CC(OCc1ccccc1)C(CCC(CC[O])OCc1ccccc1)OCc1ccccc1. The summed E-state index contributed by atoms with van der Waals surface area (Å²) in [6.07, 6.45) is 1.75. The van der Waals surface area contributed by atoms with Gasteiger partial charge in [-0.1, -0.05) is 91.0 Å². The molecule has 3 unspecified atom stereocenters. The van der Waals surface area contributed by atoms with E-state index >= 15 is 0 Å². The van der Waals surface area contributed by atoms with E-state index in [9.17, 15) is 5.11 Å². The molecule has 33 heavy (non-hydrogen) atoms. The minimum Gasteiger partial charge on any atom is -0.373 e. The van der Waals surface area contributed by atoms with Crippen molar-refractivity contribution in [3.8, 4) is 0 Å². The molecule has 0 spiro atoms. The van der Waals surface area contributed by atoms with Crippen molar-refractivity contribution in [1.29, 1.82) is 0 Å². The van der Waals surface area contributed by atoms with Crippen molar-refractivity contribution >= 4 is 0 Å². The Balaban J connectivity index is 1.56. The molecular weight excluding hydrogens is 412 g/mol. The molecule has 0 saturated carbocycles. The highest BCUT2D eigenvalue weighted by atomic mass is 16.5. The fourth-order valence-electron chi connectivity index (χ4n) is 3.72. The van der Waals surface area contributed by atoms with E-state index in [1.54, 1.807) is 0 Å². The van der Waals surface area contributed by atoms with Crippen molar-refractivity contribution in [3.05, 3.63) is 108 Å². The fraction of sp³-hybridized carbons (Fsp3) is 0.379. The summed E-state index contributed by atoms with van der Waals surface area (Å²) in [5.41, 5.74) is 3.39. The summed E-state index contributed by atoms with van der Waals surface area (Å²) >= 11 is 0. The van der Waals surface area contributed by atoms with Crippen LogP contribution in [0.4, 0.5) is 0 Å². The van der Waals surface area contributed by atoms with E-state index in [4.69, 9.17) is 14.2 Å². The van der Waals surface area contributed by atoms with Crippen LogP contribution in [0.15, 0.2) is 91.0 Å². The first kappa shape index (κ1) is 25.1. The smallest absolute Gasteiger partial charge is 0.0847 e. The van der Waals surface area contributed by atoms with E-state index in [2.05, 4.69) is 31.2 Å². The lowest BCUT2D eigenvalue weighted by Gasteiger charge is -2.27. The van der Waals surface area contributed by atoms with Crippen molar-refractivity contribution in [2.75, 3.05) is 6.61 Å². The third kappa shape index (κ3) is 9.48. The summed E-state index contributed by atoms with van der Waals surface area (Å²) in [5, 5.41) is 11.4. The molecule has 0 bridgehead atoms. The summed E-state index contributed by atoms with van der Waals surface area (Å²) in [6, 6.07) is 30.4. The molecule has 0 N–H and O–H groups in total. The summed E-state index contributed by atoms with van der Waals surface area (Å²) in [5.74, 6) is 0. The zero-order valence-electron chi connectivity index (χ0n) is 19.5. The number of benzene rings is 3. The Hall–Kier alpha value is -2.50. The molecule has 0 aliphatic heterocycles. The Morgan fingerprint density at radius 2 is 1.03 bits per heavy atom. The highest BCUT2D eigenvalue weighted by molar-refractivity contribution is 5.15. The van der Waals surface area contributed by atoms with E-state index in [0.717, 1.165) is 29.5 Å². The van der Waals surface area contributed by atoms with Crippen molar-refractivity contribution < 1.29 is 19.3 Å². The molecule has 3 aromatic carbocycles. The Labute approximate surface area is 198 Å². The van der Waals surface area contributed by atoms with Crippen LogP contribution in [0.5, 0.6) is 0 Å². The zero-order valence-corrected chi connectivity index (χ0v) is 19.5. The molecule has 0 saturated heterocycles. The number of ether oxygens (including phenoxy) is 3. The Morgan fingerprint density at radius 3 is 1.52 bits per heavy atom. The fourth-order valence-corrected chi connectivity index (χ4v) is 3.72. The predicted octanol–water partition coefficient (Wildman–Crippen LogP) is 6.36. The normalized spacial score (nSPS) is 14.0. The zero-order chi connectivity index (χ0) is 23.1. The van der Waals surface area contributed by atoms with Gasteiger partial charge in [0.25, 0.3) is 0 Å². The van der Waals surface area contributed by atoms with E-state index in [1.807, 2.05) is 66.7 Å².